The van der Waals surface area contributed by atoms with Crippen molar-refractivity contribution < 1.29 is 4.79 Å². The van der Waals surface area contributed by atoms with E-state index in [0.717, 1.165) is 5.56 Å². The molecule has 2 N–H and O–H groups in total. The van der Waals surface area contributed by atoms with E-state index in [0.29, 0.717) is 14.9 Å². The summed E-state index contributed by atoms with van der Waals surface area (Å²) in [5, 5.41) is 2.39. The first-order valence-electron chi connectivity index (χ1n) is 5.17. The van der Waals surface area contributed by atoms with Crippen molar-refractivity contribution in [3.63, 3.8) is 0 Å². The third-order valence-electron chi connectivity index (χ3n) is 2.30. The van der Waals surface area contributed by atoms with Crippen LogP contribution in [0, 0.1) is 6.92 Å². The van der Waals surface area contributed by atoms with Crippen molar-refractivity contribution in [3.8, 4) is 0 Å². The number of thiocarbonyl (C=S) groups is 1. The maximum Gasteiger partial charge on any atom is 0.266 e. The van der Waals surface area contributed by atoms with E-state index in [1.807, 2.05) is 26.2 Å². The molecule has 1 heterocycles. The number of nitrogens with zero attached hydrogens (tertiary/aromatic N) is 1. The van der Waals surface area contributed by atoms with E-state index in [1.165, 1.54) is 11.3 Å². The van der Waals surface area contributed by atoms with Gasteiger partial charge in [0.1, 0.15) is 4.88 Å². The Morgan fingerprint density at radius 1 is 1.65 bits per heavy atom. The van der Waals surface area contributed by atoms with Gasteiger partial charge in [0, 0.05) is 6.04 Å². The minimum absolute atomic E-state index is 0.0301. The molecule has 1 aromatic rings. The molecule has 0 aromatic carbocycles. The van der Waals surface area contributed by atoms with Gasteiger partial charge in [-0.25, -0.2) is 0 Å². The minimum atomic E-state index is -0.115. The van der Waals surface area contributed by atoms with Gasteiger partial charge in [-0.1, -0.05) is 23.8 Å². The molecule has 17 heavy (non-hydrogen) atoms. The molecule has 6 heteroatoms. The highest BCUT2D eigenvalue weighted by atomic mass is 35.5. The van der Waals surface area contributed by atoms with Crippen LogP contribution < -0.4 is 5.73 Å². The van der Waals surface area contributed by atoms with Crippen LogP contribution in [-0.4, -0.2) is 28.4 Å². The topological polar surface area (TPSA) is 46.3 Å². The number of aryl methyl sites for hydroxylation is 1. The molecule has 0 aliphatic carbocycles. The monoisotopic (exact) mass is 290 g/mol. The van der Waals surface area contributed by atoms with Crippen molar-refractivity contribution in [2.75, 3.05) is 6.54 Å². The van der Waals surface area contributed by atoms with E-state index < -0.39 is 0 Å². The molecule has 0 aliphatic heterocycles. The summed E-state index contributed by atoms with van der Waals surface area (Å²) in [4.78, 5) is 14.8. The zero-order valence-corrected chi connectivity index (χ0v) is 12.4. The third-order valence-corrected chi connectivity index (χ3v) is 4.12. The molecule has 0 saturated heterocycles. The Kier molecular flexibility index (Phi) is 4.91. The van der Waals surface area contributed by atoms with Crippen molar-refractivity contribution >= 4 is 46.1 Å². The van der Waals surface area contributed by atoms with Gasteiger partial charge in [0.05, 0.1) is 16.6 Å². The van der Waals surface area contributed by atoms with E-state index in [1.54, 1.807) is 4.90 Å². The summed E-state index contributed by atoms with van der Waals surface area (Å²) in [6.45, 7) is 6.00. The van der Waals surface area contributed by atoms with Gasteiger partial charge in [-0.05, 0) is 31.7 Å². The number of halogens is 1. The highest BCUT2D eigenvalue weighted by Gasteiger charge is 2.23. The number of hydrogen-bond acceptors (Lipinski definition) is 3. The smallest absolute Gasteiger partial charge is 0.266 e. The lowest BCUT2D eigenvalue weighted by Crippen LogP contribution is -2.42. The zero-order chi connectivity index (χ0) is 13.2. The molecular weight excluding hydrogens is 276 g/mol. The van der Waals surface area contributed by atoms with Gasteiger partial charge in [0.15, 0.2) is 0 Å². The summed E-state index contributed by atoms with van der Waals surface area (Å²) in [7, 11) is 0. The van der Waals surface area contributed by atoms with E-state index >= 15 is 0 Å². The number of hydrogen-bond donors (Lipinski definition) is 1. The van der Waals surface area contributed by atoms with E-state index in [2.05, 4.69) is 0 Å². The van der Waals surface area contributed by atoms with Crippen LogP contribution in [0.5, 0.6) is 0 Å². The highest BCUT2D eigenvalue weighted by Crippen LogP contribution is 2.28. The Morgan fingerprint density at radius 3 is 2.59 bits per heavy atom. The average Bonchev–Trinajstić information content (AvgIpc) is 2.55. The van der Waals surface area contributed by atoms with Gasteiger partial charge in [-0.3, -0.25) is 4.79 Å². The van der Waals surface area contributed by atoms with Crippen LogP contribution in [-0.2, 0) is 0 Å². The molecule has 0 radical (unpaired) electrons. The Morgan fingerprint density at radius 2 is 2.24 bits per heavy atom. The molecule has 0 saturated carbocycles. The first-order chi connectivity index (χ1) is 7.84. The maximum atomic E-state index is 12.3. The summed E-state index contributed by atoms with van der Waals surface area (Å²) < 4.78 is 0. The van der Waals surface area contributed by atoms with Crippen LogP contribution in [0.3, 0.4) is 0 Å². The number of nitrogens with two attached hydrogens (primary N) is 1. The van der Waals surface area contributed by atoms with Gasteiger partial charge in [0.25, 0.3) is 5.91 Å². The fourth-order valence-corrected chi connectivity index (χ4v) is 2.73. The van der Waals surface area contributed by atoms with Gasteiger partial charge in [-0.15, -0.1) is 11.3 Å². The second-order valence-electron chi connectivity index (χ2n) is 4.05. The van der Waals surface area contributed by atoms with Crippen LogP contribution in [0.15, 0.2) is 5.38 Å². The first kappa shape index (κ1) is 14.4. The summed E-state index contributed by atoms with van der Waals surface area (Å²) in [5.41, 5.74) is 6.41. The van der Waals surface area contributed by atoms with Crippen LogP contribution in [0.2, 0.25) is 5.02 Å². The predicted octanol–water partition coefficient (Wildman–Crippen LogP) is 2.85. The quantitative estimate of drug-likeness (QED) is 0.868. The summed E-state index contributed by atoms with van der Waals surface area (Å²) in [6, 6.07) is 0.0301. The predicted molar refractivity (Wildman–Crippen MR) is 77.0 cm³/mol. The molecule has 0 bridgehead atoms. The fourth-order valence-electron chi connectivity index (χ4n) is 1.36. The molecule has 0 aliphatic rings. The second kappa shape index (κ2) is 5.80. The Balaban J connectivity index is 3.00. The zero-order valence-electron chi connectivity index (χ0n) is 9.99. The molecule has 3 nitrogen and oxygen atoms in total. The molecule has 94 valence electrons. The SMILES string of the molecule is Cc1csc(C(=O)N(CC(N)=S)C(C)C)c1Cl. The largest absolute Gasteiger partial charge is 0.392 e. The van der Waals surface area contributed by atoms with E-state index in [9.17, 15) is 4.79 Å². The van der Waals surface area contributed by atoms with Crippen molar-refractivity contribution in [1.82, 2.24) is 4.90 Å². The van der Waals surface area contributed by atoms with Crippen molar-refractivity contribution in [3.05, 3.63) is 20.8 Å². The van der Waals surface area contributed by atoms with Gasteiger partial charge >= 0.3 is 0 Å². The molecular formula is C11H15ClN2OS2. The number of thiophene rings is 1. The third kappa shape index (κ3) is 3.40. The number of rotatable bonds is 4. The van der Waals surface area contributed by atoms with Crippen LogP contribution in [0.25, 0.3) is 0 Å². The lowest BCUT2D eigenvalue weighted by atomic mass is 10.2. The Bertz CT molecular complexity index is 443. The highest BCUT2D eigenvalue weighted by molar-refractivity contribution is 7.80. The summed E-state index contributed by atoms with van der Waals surface area (Å²) in [5.74, 6) is -0.115. The molecule has 0 atom stereocenters. The summed E-state index contributed by atoms with van der Waals surface area (Å²) in [6.07, 6.45) is 0. The van der Waals surface area contributed by atoms with Crippen molar-refractivity contribution in [1.29, 1.82) is 0 Å². The number of carbonyl (C=O) groups excluding carboxylic acids is 1. The first-order valence-corrected chi connectivity index (χ1v) is 6.84. The molecule has 1 amide bonds. The van der Waals surface area contributed by atoms with Gasteiger partial charge in [-0.2, -0.15) is 0 Å². The standard InChI is InChI=1S/C11H15ClN2OS2/c1-6(2)14(4-8(13)16)11(15)10-9(12)7(3)5-17-10/h5-6H,4H2,1-3H3,(H2,13,16). The van der Waals surface area contributed by atoms with Crippen LogP contribution >= 0.6 is 35.2 Å². The number of amides is 1. The maximum absolute atomic E-state index is 12.3. The minimum Gasteiger partial charge on any atom is -0.392 e. The van der Waals surface area contributed by atoms with Crippen molar-refractivity contribution in [2.24, 2.45) is 5.73 Å². The number of carbonyl (C=O) groups is 1. The molecule has 0 spiro atoms. The van der Waals surface area contributed by atoms with Crippen LogP contribution in [0.4, 0.5) is 0 Å². The Hall–Kier alpha value is -0.650. The lowest BCUT2D eigenvalue weighted by molar-refractivity contribution is 0.0741. The van der Waals surface area contributed by atoms with Crippen LogP contribution in [0.1, 0.15) is 29.1 Å². The molecule has 1 aromatic heterocycles. The van der Waals surface area contributed by atoms with Gasteiger partial charge in [0.2, 0.25) is 0 Å². The fraction of sp³-hybridized carbons (Fsp3) is 0.455. The van der Waals surface area contributed by atoms with E-state index in [4.69, 9.17) is 29.6 Å². The molecule has 0 fully saturated rings. The average molecular weight is 291 g/mol. The van der Waals surface area contributed by atoms with Crippen molar-refractivity contribution in [2.45, 2.75) is 26.8 Å². The molecule has 0 unspecified atom stereocenters. The summed E-state index contributed by atoms with van der Waals surface area (Å²) >= 11 is 12.3. The van der Waals surface area contributed by atoms with Gasteiger partial charge < -0.3 is 10.6 Å². The molecule has 1 rings (SSSR count). The van der Waals surface area contributed by atoms with E-state index in [-0.39, 0.29) is 18.5 Å². The normalized spacial score (nSPS) is 10.6. The Labute approximate surface area is 116 Å². The second-order valence-corrected chi connectivity index (χ2v) is 5.84. The lowest BCUT2D eigenvalue weighted by Gasteiger charge is -2.25.